The van der Waals surface area contributed by atoms with Gasteiger partial charge in [0.25, 0.3) is 5.56 Å². The molecule has 1 saturated heterocycles. The lowest BCUT2D eigenvalue weighted by Gasteiger charge is -2.38. The summed E-state index contributed by atoms with van der Waals surface area (Å²) in [4.78, 5) is 19.5. The van der Waals surface area contributed by atoms with Gasteiger partial charge >= 0.3 is 0 Å². The number of benzene rings is 1. The molecule has 1 atom stereocenters. The van der Waals surface area contributed by atoms with Gasteiger partial charge in [0, 0.05) is 18.6 Å². The summed E-state index contributed by atoms with van der Waals surface area (Å²) in [6.07, 6.45) is 6.57. The Morgan fingerprint density at radius 2 is 2.09 bits per heavy atom. The number of fused-ring (bicyclic) bond motifs is 1. The van der Waals surface area contributed by atoms with E-state index in [-0.39, 0.29) is 5.56 Å². The van der Waals surface area contributed by atoms with E-state index < -0.39 is 0 Å². The van der Waals surface area contributed by atoms with Crippen molar-refractivity contribution >= 4 is 10.9 Å². The van der Waals surface area contributed by atoms with Crippen molar-refractivity contribution in [2.24, 2.45) is 0 Å². The molecule has 1 aliphatic rings. The van der Waals surface area contributed by atoms with Crippen LogP contribution in [0.1, 0.15) is 39.5 Å². The molecule has 0 unspecified atom stereocenters. The molecular weight excluding hydrogens is 274 g/mol. The van der Waals surface area contributed by atoms with Crippen molar-refractivity contribution < 1.29 is 0 Å². The molecule has 0 aliphatic carbocycles. The van der Waals surface area contributed by atoms with Gasteiger partial charge in [-0.2, -0.15) is 0 Å². The quantitative estimate of drug-likeness (QED) is 0.871. The third-order valence-electron chi connectivity index (χ3n) is 4.77. The van der Waals surface area contributed by atoms with E-state index in [2.05, 4.69) is 23.7 Å². The third kappa shape index (κ3) is 3.07. The van der Waals surface area contributed by atoms with Crippen LogP contribution < -0.4 is 5.56 Å². The van der Waals surface area contributed by atoms with E-state index in [1.807, 2.05) is 24.3 Å². The summed E-state index contributed by atoms with van der Waals surface area (Å²) in [5.41, 5.74) is 0.864. The minimum absolute atomic E-state index is 0.0810. The minimum Gasteiger partial charge on any atom is -0.299 e. The summed E-state index contributed by atoms with van der Waals surface area (Å²) >= 11 is 0. The largest absolute Gasteiger partial charge is 0.299 e. The number of rotatable bonds is 4. The lowest BCUT2D eigenvalue weighted by molar-refractivity contribution is 0.102. The highest BCUT2D eigenvalue weighted by atomic mass is 16.1. The number of nitrogens with zero attached hydrogens (tertiary/aromatic N) is 3. The summed E-state index contributed by atoms with van der Waals surface area (Å²) in [5, 5.41) is 0.717. The first-order valence-electron chi connectivity index (χ1n) is 8.37. The molecule has 0 bridgehead atoms. The number of aromatic nitrogens is 2. The smallest absolute Gasteiger partial charge is 0.261 e. The molecule has 1 fully saturated rings. The van der Waals surface area contributed by atoms with Crippen LogP contribution in [0.15, 0.2) is 35.4 Å². The number of para-hydroxylation sites is 1. The molecule has 4 nitrogen and oxygen atoms in total. The summed E-state index contributed by atoms with van der Waals surface area (Å²) in [5.74, 6) is 0. The first-order chi connectivity index (χ1) is 10.7. The van der Waals surface area contributed by atoms with Crippen LogP contribution in [0.2, 0.25) is 0 Å². The number of hydrogen-bond acceptors (Lipinski definition) is 3. The zero-order valence-corrected chi connectivity index (χ0v) is 13.5. The SMILES string of the molecule is CC(C)N1CCCC[C@@H]1CCn1cnc2ccccc2c1=O. The Bertz CT molecular complexity index is 692. The summed E-state index contributed by atoms with van der Waals surface area (Å²) in [6, 6.07) is 8.74. The van der Waals surface area contributed by atoms with Crippen molar-refractivity contribution in [3.05, 3.63) is 40.9 Å². The topological polar surface area (TPSA) is 38.1 Å². The molecule has 1 aromatic carbocycles. The first kappa shape index (κ1) is 15.2. The van der Waals surface area contributed by atoms with E-state index in [9.17, 15) is 4.79 Å². The fraction of sp³-hybridized carbons (Fsp3) is 0.556. The van der Waals surface area contributed by atoms with Crippen LogP contribution >= 0.6 is 0 Å². The molecule has 1 aromatic heterocycles. The van der Waals surface area contributed by atoms with Crippen molar-refractivity contribution in [3.63, 3.8) is 0 Å². The molecule has 0 amide bonds. The van der Waals surface area contributed by atoms with E-state index in [0.717, 1.165) is 18.5 Å². The van der Waals surface area contributed by atoms with Crippen molar-refractivity contribution in [1.29, 1.82) is 0 Å². The lowest BCUT2D eigenvalue weighted by Crippen LogP contribution is -2.44. The van der Waals surface area contributed by atoms with E-state index in [0.29, 0.717) is 17.5 Å². The van der Waals surface area contributed by atoms with Crippen LogP contribution in [0.4, 0.5) is 0 Å². The van der Waals surface area contributed by atoms with Gasteiger partial charge in [-0.3, -0.25) is 14.3 Å². The normalized spacial score (nSPS) is 19.9. The van der Waals surface area contributed by atoms with Gasteiger partial charge in [0.05, 0.1) is 17.2 Å². The van der Waals surface area contributed by atoms with Crippen LogP contribution in [0.25, 0.3) is 10.9 Å². The maximum absolute atomic E-state index is 12.5. The second-order valence-electron chi connectivity index (χ2n) is 6.53. The van der Waals surface area contributed by atoms with Crippen LogP contribution in [-0.4, -0.2) is 33.1 Å². The first-order valence-corrected chi connectivity index (χ1v) is 8.37. The van der Waals surface area contributed by atoms with Crippen molar-refractivity contribution in [3.8, 4) is 0 Å². The van der Waals surface area contributed by atoms with E-state index in [1.165, 1.54) is 25.8 Å². The van der Waals surface area contributed by atoms with Crippen molar-refractivity contribution in [2.75, 3.05) is 6.54 Å². The van der Waals surface area contributed by atoms with Crippen LogP contribution in [-0.2, 0) is 6.54 Å². The van der Waals surface area contributed by atoms with Gasteiger partial charge in [-0.25, -0.2) is 4.98 Å². The molecule has 118 valence electrons. The highest BCUT2D eigenvalue weighted by Crippen LogP contribution is 2.22. The van der Waals surface area contributed by atoms with Gasteiger partial charge in [-0.05, 0) is 51.8 Å². The van der Waals surface area contributed by atoms with Crippen LogP contribution in [0.5, 0.6) is 0 Å². The maximum atomic E-state index is 12.5. The number of aryl methyl sites for hydroxylation is 1. The van der Waals surface area contributed by atoms with E-state index >= 15 is 0 Å². The summed E-state index contributed by atoms with van der Waals surface area (Å²) in [7, 11) is 0. The number of likely N-dealkylation sites (tertiary alicyclic amines) is 1. The lowest BCUT2D eigenvalue weighted by atomic mass is 9.97. The second-order valence-corrected chi connectivity index (χ2v) is 6.53. The fourth-order valence-corrected chi connectivity index (χ4v) is 3.57. The Labute approximate surface area is 131 Å². The zero-order valence-electron chi connectivity index (χ0n) is 13.5. The molecule has 0 spiro atoms. The highest BCUT2D eigenvalue weighted by Gasteiger charge is 2.24. The second kappa shape index (κ2) is 6.61. The molecule has 0 radical (unpaired) electrons. The van der Waals surface area contributed by atoms with Gasteiger partial charge in [0.15, 0.2) is 0 Å². The van der Waals surface area contributed by atoms with Crippen LogP contribution in [0.3, 0.4) is 0 Å². The molecule has 1 aliphatic heterocycles. The predicted octanol–water partition coefficient (Wildman–Crippen LogP) is 3.05. The van der Waals surface area contributed by atoms with Gasteiger partial charge in [-0.1, -0.05) is 18.6 Å². The molecular formula is C18H25N3O. The fourth-order valence-electron chi connectivity index (χ4n) is 3.57. The number of hydrogen-bond donors (Lipinski definition) is 0. The van der Waals surface area contributed by atoms with E-state index in [4.69, 9.17) is 0 Å². The van der Waals surface area contributed by atoms with Crippen molar-refractivity contribution in [2.45, 2.75) is 58.2 Å². The van der Waals surface area contributed by atoms with Gasteiger partial charge in [0.1, 0.15) is 0 Å². The molecule has 0 saturated carbocycles. The Morgan fingerprint density at radius 1 is 1.27 bits per heavy atom. The molecule has 22 heavy (non-hydrogen) atoms. The summed E-state index contributed by atoms with van der Waals surface area (Å²) in [6.45, 7) is 6.47. The number of piperidine rings is 1. The Kier molecular flexibility index (Phi) is 4.57. The van der Waals surface area contributed by atoms with Crippen LogP contribution in [0, 0.1) is 0 Å². The average molecular weight is 299 g/mol. The average Bonchev–Trinajstić information content (AvgIpc) is 2.55. The molecule has 2 heterocycles. The van der Waals surface area contributed by atoms with E-state index in [1.54, 1.807) is 10.9 Å². The van der Waals surface area contributed by atoms with Gasteiger partial charge < -0.3 is 0 Å². The Hall–Kier alpha value is -1.68. The molecule has 4 heteroatoms. The molecule has 3 rings (SSSR count). The monoisotopic (exact) mass is 299 g/mol. The Balaban J connectivity index is 1.76. The minimum atomic E-state index is 0.0810. The standard InChI is InChI=1S/C18H25N3O/c1-14(2)21-11-6-5-7-15(21)10-12-20-13-19-17-9-4-3-8-16(17)18(20)22/h3-4,8-9,13-15H,5-7,10-12H2,1-2H3/t15-/m1/s1. The van der Waals surface area contributed by atoms with Gasteiger partial charge in [0.2, 0.25) is 0 Å². The zero-order chi connectivity index (χ0) is 15.5. The molecule has 0 N–H and O–H groups in total. The highest BCUT2D eigenvalue weighted by molar-refractivity contribution is 5.76. The van der Waals surface area contributed by atoms with Gasteiger partial charge in [-0.15, -0.1) is 0 Å². The molecule has 2 aromatic rings. The van der Waals surface area contributed by atoms with Crippen molar-refractivity contribution in [1.82, 2.24) is 14.5 Å². The summed E-state index contributed by atoms with van der Waals surface area (Å²) < 4.78 is 1.77. The maximum Gasteiger partial charge on any atom is 0.261 e. The Morgan fingerprint density at radius 3 is 2.91 bits per heavy atom. The third-order valence-corrected chi connectivity index (χ3v) is 4.77. The predicted molar refractivity (Wildman–Crippen MR) is 90.1 cm³/mol.